The predicted octanol–water partition coefficient (Wildman–Crippen LogP) is 0.585. The molecule has 0 aromatic rings. The first-order valence-corrected chi connectivity index (χ1v) is 6.93. The zero-order valence-electron chi connectivity index (χ0n) is 11.6. The van der Waals surface area contributed by atoms with Gasteiger partial charge in [-0.25, -0.2) is 9.59 Å². The summed E-state index contributed by atoms with van der Waals surface area (Å²) in [7, 11) is 4.02. The normalized spacial score (nSPS) is 25.2. The molecule has 1 aliphatic carbocycles. The maximum atomic E-state index is 12.1. The van der Waals surface area contributed by atoms with E-state index in [1.165, 1.54) is 0 Å². The van der Waals surface area contributed by atoms with Gasteiger partial charge in [-0.1, -0.05) is 0 Å². The van der Waals surface area contributed by atoms with Gasteiger partial charge in [0.25, 0.3) is 0 Å². The summed E-state index contributed by atoms with van der Waals surface area (Å²) in [5.74, 6) is -0.798. The third kappa shape index (κ3) is 3.59. The number of likely N-dealkylation sites (tertiary alicyclic amines) is 1. The van der Waals surface area contributed by atoms with Gasteiger partial charge in [0.15, 0.2) is 0 Å². The lowest BCUT2D eigenvalue weighted by atomic mass is 10.1. The van der Waals surface area contributed by atoms with E-state index >= 15 is 0 Å². The molecule has 1 aliphatic heterocycles. The molecule has 6 heteroatoms. The Labute approximate surface area is 113 Å². The second-order valence-electron chi connectivity index (χ2n) is 5.81. The van der Waals surface area contributed by atoms with E-state index in [0.29, 0.717) is 19.1 Å². The number of urea groups is 1. The molecule has 2 N–H and O–H groups in total. The van der Waals surface area contributed by atoms with Crippen LogP contribution in [0, 0.1) is 5.92 Å². The number of likely N-dealkylation sites (N-methyl/N-ethyl adjacent to an activating group) is 1. The lowest BCUT2D eigenvalue weighted by molar-refractivity contribution is -0.139. The van der Waals surface area contributed by atoms with Gasteiger partial charge in [0.1, 0.15) is 6.04 Å². The summed E-state index contributed by atoms with van der Waals surface area (Å²) in [6, 6.07) is -0.582. The Kier molecular flexibility index (Phi) is 4.29. The van der Waals surface area contributed by atoms with Gasteiger partial charge in [-0.2, -0.15) is 0 Å². The SMILES string of the molecule is CN(C)C1CCCN(C(=O)NC(C(=O)O)C2CC2)C1. The number of carbonyl (C=O) groups excluding carboxylic acids is 1. The Morgan fingerprint density at radius 1 is 1.32 bits per heavy atom. The number of amides is 2. The topological polar surface area (TPSA) is 72.9 Å². The smallest absolute Gasteiger partial charge is 0.326 e. The third-order valence-corrected chi connectivity index (χ3v) is 4.05. The Morgan fingerprint density at radius 3 is 2.53 bits per heavy atom. The van der Waals surface area contributed by atoms with E-state index in [-0.39, 0.29) is 11.9 Å². The van der Waals surface area contributed by atoms with E-state index in [4.69, 9.17) is 5.11 Å². The van der Waals surface area contributed by atoms with Crippen LogP contribution in [0.2, 0.25) is 0 Å². The molecule has 1 saturated heterocycles. The largest absolute Gasteiger partial charge is 0.480 e. The van der Waals surface area contributed by atoms with Crippen LogP contribution in [0.1, 0.15) is 25.7 Å². The van der Waals surface area contributed by atoms with Gasteiger partial charge in [0, 0.05) is 19.1 Å². The zero-order chi connectivity index (χ0) is 14.0. The van der Waals surface area contributed by atoms with Gasteiger partial charge in [0.05, 0.1) is 0 Å². The standard InChI is InChI=1S/C13H23N3O3/c1-15(2)10-4-3-7-16(8-10)13(19)14-11(12(17)18)9-5-6-9/h9-11H,3-8H2,1-2H3,(H,14,19)(H,17,18). The fourth-order valence-corrected chi connectivity index (χ4v) is 2.60. The maximum absolute atomic E-state index is 12.1. The first-order chi connectivity index (χ1) is 8.99. The average molecular weight is 269 g/mol. The van der Waals surface area contributed by atoms with E-state index in [9.17, 15) is 9.59 Å². The summed E-state index contributed by atoms with van der Waals surface area (Å²) in [4.78, 5) is 27.1. The van der Waals surface area contributed by atoms with E-state index in [2.05, 4.69) is 10.2 Å². The van der Waals surface area contributed by atoms with Crippen LogP contribution in [-0.2, 0) is 4.79 Å². The van der Waals surface area contributed by atoms with Gasteiger partial charge >= 0.3 is 12.0 Å². The van der Waals surface area contributed by atoms with Gasteiger partial charge in [-0.15, -0.1) is 0 Å². The van der Waals surface area contributed by atoms with Crippen molar-refractivity contribution in [2.75, 3.05) is 27.2 Å². The molecule has 2 fully saturated rings. The first-order valence-electron chi connectivity index (χ1n) is 6.93. The lowest BCUT2D eigenvalue weighted by Crippen LogP contribution is -2.54. The number of carbonyl (C=O) groups is 2. The second-order valence-corrected chi connectivity index (χ2v) is 5.81. The molecule has 2 atom stereocenters. The molecular formula is C13H23N3O3. The molecule has 0 spiro atoms. The van der Waals surface area contributed by atoms with Crippen LogP contribution in [0.3, 0.4) is 0 Å². The van der Waals surface area contributed by atoms with Crippen molar-refractivity contribution in [1.29, 1.82) is 0 Å². The van der Waals surface area contributed by atoms with Crippen molar-refractivity contribution in [3.8, 4) is 0 Å². The molecule has 1 heterocycles. The quantitative estimate of drug-likeness (QED) is 0.783. The Balaban J connectivity index is 1.89. The zero-order valence-corrected chi connectivity index (χ0v) is 11.6. The van der Waals surface area contributed by atoms with Crippen LogP contribution in [0.15, 0.2) is 0 Å². The van der Waals surface area contributed by atoms with E-state index in [1.807, 2.05) is 14.1 Å². The monoisotopic (exact) mass is 269 g/mol. The predicted molar refractivity (Wildman–Crippen MR) is 71.0 cm³/mol. The summed E-state index contributed by atoms with van der Waals surface area (Å²) >= 11 is 0. The van der Waals surface area contributed by atoms with Gasteiger partial charge in [0.2, 0.25) is 0 Å². The molecule has 0 radical (unpaired) electrons. The van der Waals surface area contributed by atoms with Crippen molar-refractivity contribution in [1.82, 2.24) is 15.1 Å². The molecular weight excluding hydrogens is 246 g/mol. The molecule has 108 valence electrons. The molecule has 19 heavy (non-hydrogen) atoms. The van der Waals surface area contributed by atoms with Crippen LogP contribution >= 0.6 is 0 Å². The minimum absolute atomic E-state index is 0.121. The van der Waals surface area contributed by atoms with Crippen molar-refractivity contribution in [3.63, 3.8) is 0 Å². The van der Waals surface area contributed by atoms with Crippen LogP contribution < -0.4 is 5.32 Å². The van der Waals surface area contributed by atoms with E-state index < -0.39 is 12.0 Å². The number of nitrogens with zero attached hydrogens (tertiary/aromatic N) is 2. The second kappa shape index (κ2) is 5.77. The number of piperidine rings is 1. The van der Waals surface area contributed by atoms with Crippen molar-refractivity contribution >= 4 is 12.0 Å². The summed E-state index contributed by atoms with van der Waals surface area (Å²) in [6.07, 6.45) is 3.86. The first kappa shape index (κ1) is 14.1. The third-order valence-electron chi connectivity index (χ3n) is 4.05. The van der Waals surface area contributed by atoms with Crippen LogP contribution in [-0.4, -0.2) is 66.2 Å². The highest BCUT2D eigenvalue weighted by molar-refractivity contribution is 5.83. The van der Waals surface area contributed by atoms with Crippen LogP contribution in [0.5, 0.6) is 0 Å². The van der Waals surface area contributed by atoms with Gasteiger partial charge in [-0.05, 0) is 45.7 Å². The molecule has 6 nitrogen and oxygen atoms in total. The summed E-state index contributed by atoms with van der Waals surface area (Å²) in [5, 5.41) is 11.8. The number of aliphatic carboxylic acids is 1. The van der Waals surface area contributed by atoms with Gasteiger partial charge < -0.3 is 20.2 Å². The minimum Gasteiger partial charge on any atom is -0.480 e. The fraction of sp³-hybridized carbons (Fsp3) is 0.846. The molecule has 2 unspecified atom stereocenters. The van der Waals surface area contributed by atoms with Crippen molar-refractivity contribution in [2.45, 2.75) is 37.8 Å². The fourth-order valence-electron chi connectivity index (χ4n) is 2.60. The molecule has 2 amide bonds. The average Bonchev–Trinajstić information content (AvgIpc) is 3.19. The Hall–Kier alpha value is -1.30. The Morgan fingerprint density at radius 2 is 2.00 bits per heavy atom. The molecule has 2 aliphatic rings. The van der Waals surface area contributed by atoms with Gasteiger partial charge in [-0.3, -0.25) is 0 Å². The highest BCUT2D eigenvalue weighted by Gasteiger charge is 2.38. The van der Waals surface area contributed by atoms with Crippen molar-refractivity contribution in [2.24, 2.45) is 5.92 Å². The molecule has 0 aromatic heterocycles. The maximum Gasteiger partial charge on any atom is 0.326 e. The number of nitrogens with one attached hydrogen (secondary N) is 1. The summed E-state index contributed by atoms with van der Waals surface area (Å²) in [6.45, 7) is 1.39. The number of hydrogen-bond donors (Lipinski definition) is 2. The number of rotatable bonds is 4. The van der Waals surface area contributed by atoms with Crippen LogP contribution in [0.25, 0.3) is 0 Å². The van der Waals surface area contributed by atoms with E-state index in [0.717, 1.165) is 25.7 Å². The molecule has 1 saturated carbocycles. The number of hydrogen-bond acceptors (Lipinski definition) is 3. The minimum atomic E-state index is -0.919. The number of carboxylic acids is 1. The highest BCUT2D eigenvalue weighted by atomic mass is 16.4. The Bertz CT molecular complexity index is 355. The van der Waals surface area contributed by atoms with Crippen molar-refractivity contribution in [3.05, 3.63) is 0 Å². The molecule has 0 bridgehead atoms. The van der Waals surface area contributed by atoms with E-state index in [1.54, 1.807) is 4.90 Å². The van der Waals surface area contributed by atoms with Crippen molar-refractivity contribution < 1.29 is 14.7 Å². The number of carboxylic acid groups (broad SMARTS) is 1. The van der Waals surface area contributed by atoms with Crippen LogP contribution in [0.4, 0.5) is 4.79 Å². The molecule has 2 rings (SSSR count). The lowest BCUT2D eigenvalue weighted by Gasteiger charge is -2.36. The summed E-state index contributed by atoms with van der Waals surface area (Å²) in [5.41, 5.74) is 0. The highest BCUT2D eigenvalue weighted by Crippen LogP contribution is 2.32. The summed E-state index contributed by atoms with van der Waals surface area (Å²) < 4.78 is 0. The molecule has 0 aromatic carbocycles.